The maximum atomic E-state index is 11.1. The third kappa shape index (κ3) is 4.11. The molecule has 0 radical (unpaired) electrons. The lowest BCUT2D eigenvalue weighted by Crippen LogP contribution is -2.37. The monoisotopic (exact) mass is 200 g/mol. The van der Waals surface area contributed by atoms with Crippen molar-refractivity contribution in [3.63, 3.8) is 0 Å². The number of carbonyl (C=O) groups is 2. The average Bonchev–Trinajstić information content (AvgIpc) is 2.87. The summed E-state index contributed by atoms with van der Waals surface area (Å²) in [5, 5.41) is 14.0. The van der Waals surface area contributed by atoms with Crippen LogP contribution in [0.15, 0.2) is 0 Å². The molecule has 80 valence electrons. The van der Waals surface area contributed by atoms with E-state index in [1.54, 1.807) is 6.92 Å². The van der Waals surface area contributed by atoms with E-state index in [0.717, 1.165) is 12.8 Å². The summed E-state index contributed by atoms with van der Waals surface area (Å²) in [4.78, 5) is 21.5. The Kier molecular flexibility index (Phi) is 3.73. The average molecular weight is 200 g/mol. The Morgan fingerprint density at radius 3 is 2.64 bits per heavy atom. The van der Waals surface area contributed by atoms with Crippen LogP contribution >= 0.6 is 0 Å². The van der Waals surface area contributed by atoms with E-state index in [-0.39, 0.29) is 6.03 Å². The molecular weight excluding hydrogens is 184 g/mol. The predicted molar refractivity (Wildman–Crippen MR) is 51.0 cm³/mol. The SMILES string of the molecule is CC(CCNC(=O)NC1CC1)C(=O)O. The van der Waals surface area contributed by atoms with Crippen molar-refractivity contribution >= 4 is 12.0 Å². The van der Waals surface area contributed by atoms with Gasteiger partial charge in [0.05, 0.1) is 5.92 Å². The number of carboxylic acids is 1. The van der Waals surface area contributed by atoms with E-state index in [1.165, 1.54) is 0 Å². The van der Waals surface area contributed by atoms with E-state index in [2.05, 4.69) is 10.6 Å². The van der Waals surface area contributed by atoms with Crippen LogP contribution in [-0.2, 0) is 4.79 Å². The van der Waals surface area contributed by atoms with Gasteiger partial charge in [-0.05, 0) is 19.3 Å². The fraction of sp³-hybridized carbons (Fsp3) is 0.778. The van der Waals surface area contributed by atoms with Gasteiger partial charge in [0.2, 0.25) is 0 Å². The Morgan fingerprint density at radius 1 is 1.50 bits per heavy atom. The molecule has 1 saturated carbocycles. The van der Waals surface area contributed by atoms with E-state index in [9.17, 15) is 9.59 Å². The molecule has 0 heterocycles. The minimum Gasteiger partial charge on any atom is -0.481 e. The molecule has 3 N–H and O–H groups in total. The second kappa shape index (κ2) is 4.83. The molecule has 0 aromatic heterocycles. The van der Waals surface area contributed by atoms with Crippen molar-refractivity contribution < 1.29 is 14.7 Å². The number of hydrogen-bond donors (Lipinski definition) is 3. The van der Waals surface area contributed by atoms with Crippen molar-refractivity contribution in [2.24, 2.45) is 5.92 Å². The zero-order valence-corrected chi connectivity index (χ0v) is 8.25. The molecule has 1 unspecified atom stereocenters. The first-order valence-corrected chi connectivity index (χ1v) is 4.86. The Morgan fingerprint density at radius 2 is 2.14 bits per heavy atom. The Balaban J connectivity index is 2.01. The van der Waals surface area contributed by atoms with Crippen molar-refractivity contribution in [3.8, 4) is 0 Å². The molecule has 0 spiro atoms. The zero-order chi connectivity index (χ0) is 10.6. The summed E-state index contributed by atoms with van der Waals surface area (Å²) in [6.07, 6.45) is 2.57. The van der Waals surface area contributed by atoms with Gasteiger partial charge in [0.1, 0.15) is 0 Å². The Bertz CT molecular complexity index is 226. The lowest BCUT2D eigenvalue weighted by Gasteiger charge is -2.08. The van der Waals surface area contributed by atoms with Crippen molar-refractivity contribution in [1.29, 1.82) is 0 Å². The highest BCUT2D eigenvalue weighted by Crippen LogP contribution is 2.18. The summed E-state index contributed by atoms with van der Waals surface area (Å²) in [6.45, 7) is 2.04. The van der Waals surface area contributed by atoms with Gasteiger partial charge in [0.15, 0.2) is 0 Å². The molecule has 0 bridgehead atoms. The lowest BCUT2D eigenvalue weighted by molar-refractivity contribution is -0.141. The first-order chi connectivity index (χ1) is 6.59. The number of nitrogens with one attached hydrogen (secondary N) is 2. The smallest absolute Gasteiger partial charge is 0.315 e. The number of amides is 2. The standard InChI is InChI=1S/C9H16N2O3/c1-6(8(12)13)4-5-10-9(14)11-7-2-3-7/h6-7H,2-5H2,1H3,(H,12,13)(H2,10,11,14). The molecule has 0 saturated heterocycles. The van der Waals surface area contributed by atoms with Crippen LogP contribution in [0.3, 0.4) is 0 Å². The van der Waals surface area contributed by atoms with Gasteiger partial charge < -0.3 is 15.7 Å². The van der Waals surface area contributed by atoms with Gasteiger partial charge in [-0.1, -0.05) is 6.92 Å². The van der Waals surface area contributed by atoms with Gasteiger partial charge in [-0.3, -0.25) is 4.79 Å². The first kappa shape index (κ1) is 10.8. The van der Waals surface area contributed by atoms with Crippen LogP contribution in [-0.4, -0.2) is 29.7 Å². The van der Waals surface area contributed by atoms with Crippen LogP contribution in [0.1, 0.15) is 26.2 Å². The summed E-state index contributed by atoms with van der Waals surface area (Å²) in [5.74, 6) is -1.23. The summed E-state index contributed by atoms with van der Waals surface area (Å²) >= 11 is 0. The highest BCUT2D eigenvalue weighted by Gasteiger charge is 2.23. The van der Waals surface area contributed by atoms with E-state index in [4.69, 9.17) is 5.11 Å². The van der Waals surface area contributed by atoms with Gasteiger partial charge in [-0.2, -0.15) is 0 Å². The molecule has 1 fully saturated rings. The number of aliphatic carboxylic acids is 1. The van der Waals surface area contributed by atoms with Gasteiger partial charge in [0, 0.05) is 12.6 Å². The van der Waals surface area contributed by atoms with E-state index < -0.39 is 11.9 Å². The highest BCUT2D eigenvalue weighted by atomic mass is 16.4. The summed E-state index contributed by atoms with van der Waals surface area (Å²) in [6, 6.07) is 0.150. The molecule has 5 nitrogen and oxygen atoms in total. The van der Waals surface area contributed by atoms with E-state index >= 15 is 0 Å². The second-order valence-corrected chi connectivity index (χ2v) is 3.70. The number of carboxylic acid groups (broad SMARTS) is 1. The lowest BCUT2D eigenvalue weighted by atomic mass is 10.1. The molecule has 2 amide bonds. The molecule has 1 aliphatic rings. The van der Waals surface area contributed by atoms with Crippen LogP contribution in [0.5, 0.6) is 0 Å². The largest absolute Gasteiger partial charge is 0.481 e. The maximum Gasteiger partial charge on any atom is 0.315 e. The van der Waals surface area contributed by atoms with E-state index in [1.807, 2.05) is 0 Å². The second-order valence-electron chi connectivity index (χ2n) is 3.70. The van der Waals surface area contributed by atoms with Crippen LogP contribution < -0.4 is 10.6 Å². The van der Waals surface area contributed by atoms with Gasteiger partial charge in [-0.25, -0.2) is 4.79 Å². The number of hydrogen-bond acceptors (Lipinski definition) is 2. The van der Waals surface area contributed by atoms with Crippen molar-refractivity contribution in [2.75, 3.05) is 6.54 Å². The van der Waals surface area contributed by atoms with Gasteiger partial charge >= 0.3 is 12.0 Å². The zero-order valence-electron chi connectivity index (χ0n) is 8.25. The summed E-state index contributed by atoms with van der Waals surface area (Å²) in [7, 11) is 0. The van der Waals surface area contributed by atoms with Crippen LogP contribution in [0, 0.1) is 5.92 Å². The normalized spacial score (nSPS) is 17.2. The molecular formula is C9H16N2O3. The molecule has 1 rings (SSSR count). The van der Waals surface area contributed by atoms with Crippen molar-refractivity contribution in [3.05, 3.63) is 0 Å². The van der Waals surface area contributed by atoms with Crippen LogP contribution in [0.2, 0.25) is 0 Å². The molecule has 0 aromatic carbocycles. The van der Waals surface area contributed by atoms with Gasteiger partial charge in [-0.15, -0.1) is 0 Å². The molecule has 5 heteroatoms. The quantitative estimate of drug-likeness (QED) is 0.606. The van der Waals surface area contributed by atoms with Crippen molar-refractivity contribution in [2.45, 2.75) is 32.2 Å². The van der Waals surface area contributed by atoms with Crippen molar-refractivity contribution in [1.82, 2.24) is 10.6 Å². The molecule has 1 aliphatic carbocycles. The third-order valence-electron chi connectivity index (χ3n) is 2.20. The minimum atomic E-state index is -0.825. The summed E-state index contributed by atoms with van der Waals surface area (Å²) in [5.41, 5.74) is 0. The molecule has 0 aliphatic heterocycles. The van der Waals surface area contributed by atoms with Crippen LogP contribution in [0.25, 0.3) is 0 Å². The number of carbonyl (C=O) groups excluding carboxylic acids is 1. The number of urea groups is 1. The molecule has 14 heavy (non-hydrogen) atoms. The summed E-state index contributed by atoms with van der Waals surface area (Å²) < 4.78 is 0. The molecule has 1 atom stereocenters. The topological polar surface area (TPSA) is 78.4 Å². The predicted octanol–water partition coefficient (Wildman–Crippen LogP) is 0.559. The minimum absolute atomic E-state index is 0.190. The Hall–Kier alpha value is -1.26. The van der Waals surface area contributed by atoms with E-state index in [0.29, 0.717) is 19.0 Å². The number of rotatable bonds is 5. The van der Waals surface area contributed by atoms with Gasteiger partial charge in [0.25, 0.3) is 0 Å². The Labute approximate surface area is 82.9 Å². The first-order valence-electron chi connectivity index (χ1n) is 4.86. The fourth-order valence-corrected chi connectivity index (χ4v) is 0.990. The third-order valence-corrected chi connectivity index (χ3v) is 2.20. The molecule has 0 aromatic rings. The maximum absolute atomic E-state index is 11.1. The highest BCUT2D eigenvalue weighted by molar-refractivity contribution is 5.74. The van der Waals surface area contributed by atoms with Crippen LogP contribution in [0.4, 0.5) is 4.79 Å². The fourth-order valence-electron chi connectivity index (χ4n) is 0.990.